The molecule has 7 heteroatoms. The number of aromatic nitrogens is 2. The molecular weight excluding hydrogens is 368 g/mol. The van der Waals surface area contributed by atoms with Crippen LogP contribution in [-0.2, 0) is 11.2 Å². The standard InChI is InChI=1S/C22H20N4O3/c1-3-29-16-10-6-14(7-11-16)21-24-19(20(23)28)17-12-18(27)26(22(17)25-21)15-8-4-13(2)5-9-15/h4-11H,3,12H2,1-2H3,(H2,23,28). The number of benzene rings is 2. The summed E-state index contributed by atoms with van der Waals surface area (Å²) >= 11 is 0. The van der Waals surface area contributed by atoms with Crippen LogP contribution in [0.15, 0.2) is 48.5 Å². The molecule has 0 saturated carbocycles. The van der Waals surface area contributed by atoms with Crippen molar-refractivity contribution < 1.29 is 14.3 Å². The molecule has 4 rings (SSSR count). The van der Waals surface area contributed by atoms with E-state index in [1.54, 1.807) is 0 Å². The van der Waals surface area contributed by atoms with Crippen LogP contribution >= 0.6 is 0 Å². The molecule has 0 unspecified atom stereocenters. The molecule has 7 nitrogen and oxygen atoms in total. The van der Waals surface area contributed by atoms with Crippen molar-refractivity contribution in [2.45, 2.75) is 20.3 Å². The minimum Gasteiger partial charge on any atom is -0.494 e. The van der Waals surface area contributed by atoms with Crippen LogP contribution in [0.1, 0.15) is 28.5 Å². The van der Waals surface area contributed by atoms with E-state index in [1.165, 1.54) is 4.90 Å². The summed E-state index contributed by atoms with van der Waals surface area (Å²) in [4.78, 5) is 35.3. The Labute approximate surface area is 168 Å². The average Bonchev–Trinajstić information content (AvgIpc) is 3.04. The molecule has 0 fully saturated rings. The minimum atomic E-state index is -0.686. The first-order valence-electron chi connectivity index (χ1n) is 9.31. The molecule has 2 N–H and O–H groups in total. The second-order valence-electron chi connectivity index (χ2n) is 6.76. The maximum absolute atomic E-state index is 12.7. The second kappa shape index (κ2) is 7.35. The summed E-state index contributed by atoms with van der Waals surface area (Å²) in [6.07, 6.45) is 0.0328. The molecule has 0 radical (unpaired) electrons. The molecule has 1 aromatic heterocycles. The number of fused-ring (bicyclic) bond motifs is 1. The topological polar surface area (TPSA) is 98.4 Å². The van der Waals surface area contributed by atoms with E-state index in [-0.39, 0.29) is 18.0 Å². The van der Waals surface area contributed by atoms with Crippen LogP contribution in [-0.4, -0.2) is 28.4 Å². The van der Waals surface area contributed by atoms with Crippen molar-refractivity contribution in [3.8, 4) is 17.1 Å². The van der Waals surface area contributed by atoms with E-state index in [1.807, 2.05) is 62.4 Å². The lowest BCUT2D eigenvalue weighted by atomic mass is 10.1. The molecule has 146 valence electrons. The number of hydrogen-bond donors (Lipinski definition) is 1. The molecular formula is C22H20N4O3. The predicted molar refractivity (Wildman–Crippen MR) is 109 cm³/mol. The summed E-state index contributed by atoms with van der Waals surface area (Å²) in [5.41, 5.74) is 8.56. The molecule has 2 aromatic carbocycles. The van der Waals surface area contributed by atoms with E-state index in [9.17, 15) is 9.59 Å². The van der Waals surface area contributed by atoms with Crippen molar-refractivity contribution in [3.05, 3.63) is 65.4 Å². The first kappa shape index (κ1) is 18.6. The van der Waals surface area contributed by atoms with Crippen LogP contribution in [0, 0.1) is 6.92 Å². The van der Waals surface area contributed by atoms with Gasteiger partial charge in [-0.25, -0.2) is 9.97 Å². The molecule has 0 bridgehead atoms. The summed E-state index contributed by atoms with van der Waals surface area (Å²) in [6.45, 7) is 4.45. The number of hydrogen-bond acceptors (Lipinski definition) is 5. The summed E-state index contributed by atoms with van der Waals surface area (Å²) < 4.78 is 5.46. The monoisotopic (exact) mass is 388 g/mol. The van der Waals surface area contributed by atoms with E-state index in [0.717, 1.165) is 11.3 Å². The molecule has 29 heavy (non-hydrogen) atoms. The number of rotatable bonds is 5. The Balaban J connectivity index is 1.84. The molecule has 0 aliphatic carbocycles. The second-order valence-corrected chi connectivity index (χ2v) is 6.76. The van der Waals surface area contributed by atoms with E-state index < -0.39 is 5.91 Å². The average molecular weight is 388 g/mol. The molecule has 1 aliphatic heterocycles. The zero-order chi connectivity index (χ0) is 20.5. The van der Waals surface area contributed by atoms with Crippen molar-refractivity contribution in [2.75, 3.05) is 11.5 Å². The first-order chi connectivity index (χ1) is 14.0. The molecule has 2 amide bonds. The Hall–Kier alpha value is -3.74. The Morgan fingerprint density at radius 1 is 1.10 bits per heavy atom. The Kier molecular flexibility index (Phi) is 4.72. The van der Waals surface area contributed by atoms with Crippen LogP contribution in [0.5, 0.6) is 5.75 Å². The van der Waals surface area contributed by atoms with Crippen molar-refractivity contribution in [3.63, 3.8) is 0 Å². The van der Waals surface area contributed by atoms with Gasteiger partial charge in [0.1, 0.15) is 17.3 Å². The van der Waals surface area contributed by atoms with Gasteiger partial charge in [-0.2, -0.15) is 0 Å². The fourth-order valence-electron chi connectivity index (χ4n) is 3.33. The maximum Gasteiger partial charge on any atom is 0.267 e. The highest BCUT2D eigenvalue weighted by atomic mass is 16.5. The van der Waals surface area contributed by atoms with Gasteiger partial charge in [-0.1, -0.05) is 17.7 Å². The quantitative estimate of drug-likeness (QED) is 0.724. The van der Waals surface area contributed by atoms with Gasteiger partial charge in [0.15, 0.2) is 5.82 Å². The predicted octanol–water partition coefficient (Wildman–Crippen LogP) is 3.17. The number of nitrogens with zero attached hydrogens (tertiary/aromatic N) is 3. The summed E-state index contributed by atoms with van der Waals surface area (Å²) in [5.74, 6) is 0.585. The first-order valence-corrected chi connectivity index (χ1v) is 9.31. The Morgan fingerprint density at radius 2 is 1.79 bits per heavy atom. The van der Waals surface area contributed by atoms with Gasteiger partial charge in [-0.15, -0.1) is 0 Å². The number of nitrogens with two attached hydrogens (primary N) is 1. The lowest BCUT2D eigenvalue weighted by Crippen LogP contribution is -2.21. The maximum atomic E-state index is 12.7. The van der Waals surface area contributed by atoms with E-state index >= 15 is 0 Å². The molecule has 0 atom stereocenters. The van der Waals surface area contributed by atoms with Gasteiger partial charge in [0, 0.05) is 11.1 Å². The van der Waals surface area contributed by atoms with E-state index in [0.29, 0.717) is 35.1 Å². The van der Waals surface area contributed by atoms with Crippen molar-refractivity contribution in [2.24, 2.45) is 5.73 Å². The van der Waals surface area contributed by atoms with Crippen LogP contribution in [0.2, 0.25) is 0 Å². The van der Waals surface area contributed by atoms with Gasteiger partial charge >= 0.3 is 0 Å². The molecule has 3 aromatic rings. The fraction of sp³-hybridized carbons (Fsp3) is 0.182. The molecule has 0 saturated heterocycles. The summed E-state index contributed by atoms with van der Waals surface area (Å²) in [6, 6.07) is 14.8. The van der Waals surface area contributed by atoms with Crippen LogP contribution < -0.4 is 15.4 Å². The van der Waals surface area contributed by atoms with Crippen LogP contribution in [0.3, 0.4) is 0 Å². The lowest BCUT2D eigenvalue weighted by Gasteiger charge is -2.18. The number of carbonyl (C=O) groups is 2. The highest BCUT2D eigenvalue weighted by Gasteiger charge is 2.35. The van der Waals surface area contributed by atoms with E-state index in [4.69, 9.17) is 10.5 Å². The normalized spacial score (nSPS) is 12.8. The van der Waals surface area contributed by atoms with Crippen LogP contribution in [0.4, 0.5) is 11.5 Å². The van der Waals surface area contributed by atoms with Crippen molar-refractivity contribution in [1.29, 1.82) is 0 Å². The molecule has 1 aliphatic rings. The lowest BCUT2D eigenvalue weighted by molar-refractivity contribution is -0.116. The highest BCUT2D eigenvalue weighted by molar-refractivity contribution is 6.09. The smallest absolute Gasteiger partial charge is 0.267 e. The van der Waals surface area contributed by atoms with Gasteiger partial charge in [0.25, 0.3) is 5.91 Å². The third-order valence-electron chi connectivity index (χ3n) is 4.72. The van der Waals surface area contributed by atoms with Crippen LogP contribution in [0.25, 0.3) is 11.4 Å². The summed E-state index contributed by atoms with van der Waals surface area (Å²) in [7, 11) is 0. The fourth-order valence-corrected chi connectivity index (χ4v) is 3.33. The largest absolute Gasteiger partial charge is 0.494 e. The highest BCUT2D eigenvalue weighted by Crippen LogP contribution is 2.36. The third kappa shape index (κ3) is 3.42. The SMILES string of the molecule is CCOc1ccc(-c2nc(C(N)=O)c3c(n2)N(c2ccc(C)cc2)C(=O)C3)cc1. The summed E-state index contributed by atoms with van der Waals surface area (Å²) in [5, 5.41) is 0. The zero-order valence-electron chi connectivity index (χ0n) is 16.2. The van der Waals surface area contributed by atoms with Gasteiger partial charge in [-0.05, 0) is 50.2 Å². The van der Waals surface area contributed by atoms with E-state index in [2.05, 4.69) is 9.97 Å². The number of carbonyl (C=O) groups excluding carboxylic acids is 2. The Bertz CT molecular complexity index is 1090. The van der Waals surface area contributed by atoms with Crippen molar-refractivity contribution >= 4 is 23.3 Å². The van der Waals surface area contributed by atoms with Gasteiger partial charge in [0.05, 0.1) is 18.7 Å². The number of primary amides is 1. The minimum absolute atomic E-state index is 0.0328. The number of ether oxygens (including phenoxy) is 1. The number of aryl methyl sites for hydroxylation is 1. The third-order valence-corrected chi connectivity index (χ3v) is 4.72. The number of anilines is 2. The van der Waals surface area contributed by atoms with Gasteiger partial charge in [-0.3, -0.25) is 14.5 Å². The van der Waals surface area contributed by atoms with Gasteiger partial charge in [0.2, 0.25) is 5.91 Å². The molecule has 2 heterocycles. The molecule has 0 spiro atoms. The zero-order valence-corrected chi connectivity index (χ0v) is 16.2. The Morgan fingerprint density at radius 3 is 2.41 bits per heavy atom. The van der Waals surface area contributed by atoms with Crippen molar-refractivity contribution in [1.82, 2.24) is 9.97 Å². The number of amides is 2. The van der Waals surface area contributed by atoms with Gasteiger partial charge < -0.3 is 10.5 Å².